The van der Waals surface area contributed by atoms with Gasteiger partial charge in [-0.15, -0.1) is 0 Å². The van der Waals surface area contributed by atoms with E-state index in [1.54, 1.807) is 6.07 Å². The molecule has 0 spiro atoms. The SMILES string of the molecule is CC.CC1(CC#N)CCN(Cc2ccccc2F)CC1. The molecule has 0 unspecified atom stereocenters. The molecule has 2 nitrogen and oxygen atoms in total. The van der Waals surface area contributed by atoms with Gasteiger partial charge in [-0.25, -0.2) is 4.39 Å². The third-order valence-electron chi connectivity index (χ3n) is 3.92. The minimum absolute atomic E-state index is 0.122. The molecule has 0 atom stereocenters. The summed E-state index contributed by atoms with van der Waals surface area (Å²) in [6.07, 6.45) is 2.67. The highest BCUT2D eigenvalue weighted by Crippen LogP contribution is 2.34. The lowest BCUT2D eigenvalue weighted by molar-refractivity contribution is 0.115. The molecule has 20 heavy (non-hydrogen) atoms. The summed E-state index contributed by atoms with van der Waals surface area (Å²) in [5.74, 6) is -0.122. The van der Waals surface area contributed by atoms with E-state index in [0.717, 1.165) is 31.5 Å². The number of likely N-dealkylation sites (tertiary alicyclic amines) is 1. The van der Waals surface area contributed by atoms with Crippen LogP contribution in [-0.4, -0.2) is 18.0 Å². The summed E-state index contributed by atoms with van der Waals surface area (Å²) >= 11 is 0. The fraction of sp³-hybridized carbons (Fsp3) is 0.588. The Morgan fingerprint density at radius 1 is 1.25 bits per heavy atom. The Bertz CT molecular complexity index is 443. The molecule has 2 rings (SSSR count). The minimum Gasteiger partial charge on any atom is -0.299 e. The van der Waals surface area contributed by atoms with Crippen LogP contribution in [0.1, 0.15) is 45.6 Å². The van der Waals surface area contributed by atoms with Gasteiger partial charge in [0.1, 0.15) is 5.82 Å². The number of benzene rings is 1. The van der Waals surface area contributed by atoms with Crippen molar-refractivity contribution in [3.8, 4) is 6.07 Å². The minimum atomic E-state index is -0.122. The van der Waals surface area contributed by atoms with Gasteiger partial charge < -0.3 is 0 Å². The van der Waals surface area contributed by atoms with Gasteiger partial charge in [0.2, 0.25) is 0 Å². The Balaban J connectivity index is 0.000000956. The van der Waals surface area contributed by atoms with E-state index in [1.165, 1.54) is 6.07 Å². The molecule has 110 valence electrons. The quantitative estimate of drug-likeness (QED) is 0.819. The average Bonchev–Trinajstić information content (AvgIpc) is 2.46. The lowest BCUT2D eigenvalue weighted by Crippen LogP contribution is -2.38. The molecule has 0 N–H and O–H groups in total. The van der Waals surface area contributed by atoms with Crippen molar-refractivity contribution in [3.05, 3.63) is 35.6 Å². The van der Waals surface area contributed by atoms with E-state index in [-0.39, 0.29) is 11.2 Å². The van der Waals surface area contributed by atoms with Crippen molar-refractivity contribution in [2.45, 2.75) is 46.6 Å². The Morgan fingerprint density at radius 3 is 2.40 bits per heavy atom. The molecule has 1 saturated heterocycles. The van der Waals surface area contributed by atoms with E-state index >= 15 is 0 Å². The highest BCUT2D eigenvalue weighted by atomic mass is 19.1. The van der Waals surface area contributed by atoms with Crippen molar-refractivity contribution in [1.82, 2.24) is 4.90 Å². The first kappa shape index (κ1) is 16.7. The zero-order valence-corrected chi connectivity index (χ0v) is 12.8. The first-order chi connectivity index (χ1) is 9.63. The zero-order chi connectivity index (χ0) is 15.0. The smallest absolute Gasteiger partial charge is 0.127 e. The molecule has 0 amide bonds. The van der Waals surface area contributed by atoms with Crippen LogP contribution in [0.15, 0.2) is 24.3 Å². The second-order valence-corrected chi connectivity index (χ2v) is 5.51. The third kappa shape index (κ3) is 4.61. The summed E-state index contributed by atoms with van der Waals surface area (Å²) in [5, 5.41) is 8.81. The molecule has 1 aliphatic heterocycles. The molecule has 1 aliphatic rings. The molecule has 0 radical (unpaired) electrons. The van der Waals surface area contributed by atoms with Gasteiger partial charge in [-0.2, -0.15) is 5.26 Å². The number of rotatable bonds is 3. The van der Waals surface area contributed by atoms with Gasteiger partial charge in [-0.3, -0.25) is 4.90 Å². The van der Waals surface area contributed by atoms with Crippen LogP contribution in [-0.2, 0) is 6.54 Å². The zero-order valence-electron chi connectivity index (χ0n) is 12.8. The monoisotopic (exact) mass is 276 g/mol. The molecule has 0 bridgehead atoms. The van der Waals surface area contributed by atoms with Crippen LogP contribution in [0.5, 0.6) is 0 Å². The molecule has 0 aromatic heterocycles. The van der Waals surface area contributed by atoms with Gasteiger partial charge in [-0.05, 0) is 37.4 Å². The second-order valence-electron chi connectivity index (χ2n) is 5.51. The molecule has 1 fully saturated rings. The predicted molar refractivity (Wildman–Crippen MR) is 80.6 cm³/mol. The lowest BCUT2D eigenvalue weighted by Gasteiger charge is -2.38. The Morgan fingerprint density at radius 2 is 1.85 bits per heavy atom. The Labute approximate surface area is 122 Å². The molecule has 0 aliphatic carbocycles. The summed E-state index contributed by atoms with van der Waals surface area (Å²) in [6, 6.07) is 9.23. The van der Waals surface area contributed by atoms with Crippen molar-refractivity contribution < 1.29 is 4.39 Å². The molecule has 1 aromatic carbocycles. The van der Waals surface area contributed by atoms with Crippen molar-refractivity contribution in [2.75, 3.05) is 13.1 Å². The van der Waals surface area contributed by atoms with Gasteiger partial charge in [-0.1, -0.05) is 39.0 Å². The summed E-state index contributed by atoms with van der Waals surface area (Å²) < 4.78 is 13.5. The average molecular weight is 276 g/mol. The van der Waals surface area contributed by atoms with E-state index in [9.17, 15) is 4.39 Å². The molecule has 0 saturated carbocycles. The predicted octanol–water partition coefficient (Wildman–Crippen LogP) is 4.37. The maximum Gasteiger partial charge on any atom is 0.127 e. The molecule has 1 heterocycles. The lowest BCUT2D eigenvalue weighted by atomic mass is 9.78. The maximum atomic E-state index is 13.5. The Kier molecular flexibility index (Phi) is 6.67. The molecular formula is C17H25FN2. The number of hydrogen-bond acceptors (Lipinski definition) is 2. The number of hydrogen-bond donors (Lipinski definition) is 0. The van der Waals surface area contributed by atoms with E-state index in [0.29, 0.717) is 13.0 Å². The first-order valence-corrected chi connectivity index (χ1v) is 7.46. The fourth-order valence-corrected chi connectivity index (χ4v) is 2.49. The van der Waals surface area contributed by atoms with Crippen molar-refractivity contribution in [2.24, 2.45) is 5.41 Å². The molecule has 3 heteroatoms. The van der Waals surface area contributed by atoms with Gasteiger partial charge in [0.15, 0.2) is 0 Å². The summed E-state index contributed by atoms with van der Waals surface area (Å²) in [5.41, 5.74) is 0.918. The van der Waals surface area contributed by atoms with Crippen LogP contribution in [0.25, 0.3) is 0 Å². The fourth-order valence-electron chi connectivity index (χ4n) is 2.49. The van der Waals surface area contributed by atoms with E-state index in [4.69, 9.17) is 5.26 Å². The van der Waals surface area contributed by atoms with Gasteiger partial charge in [0.05, 0.1) is 6.07 Å². The van der Waals surface area contributed by atoms with Crippen molar-refractivity contribution in [1.29, 1.82) is 5.26 Å². The number of nitriles is 1. The van der Waals surface area contributed by atoms with Crippen molar-refractivity contribution >= 4 is 0 Å². The Hall–Kier alpha value is -1.40. The second kappa shape index (κ2) is 8.01. The summed E-state index contributed by atoms with van der Waals surface area (Å²) in [4.78, 5) is 2.28. The highest BCUT2D eigenvalue weighted by Gasteiger charge is 2.29. The van der Waals surface area contributed by atoms with E-state index in [1.807, 2.05) is 26.0 Å². The largest absolute Gasteiger partial charge is 0.299 e. The van der Waals surface area contributed by atoms with Crippen LogP contribution >= 0.6 is 0 Å². The number of nitrogens with zero attached hydrogens (tertiary/aromatic N) is 2. The van der Waals surface area contributed by atoms with Crippen LogP contribution in [0, 0.1) is 22.6 Å². The first-order valence-electron chi connectivity index (χ1n) is 7.46. The van der Waals surface area contributed by atoms with Crippen molar-refractivity contribution in [3.63, 3.8) is 0 Å². The summed E-state index contributed by atoms with van der Waals surface area (Å²) in [7, 11) is 0. The molecular weight excluding hydrogens is 251 g/mol. The van der Waals surface area contributed by atoms with Crippen LogP contribution in [0.3, 0.4) is 0 Å². The number of piperidine rings is 1. The van der Waals surface area contributed by atoms with Gasteiger partial charge >= 0.3 is 0 Å². The third-order valence-corrected chi connectivity index (χ3v) is 3.92. The van der Waals surface area contributed by atoms with E-state index in [2.05, 4.69) is 17.9 Å². The maximum absolute atomic E-state index is 13.5. The van der Waals surface area contributed by atoms with Crippen LogP contribution in [0.2, 0.25) is 0 Å². The van der Waals surface area contributed by atoms with Gasteiger partial charge in [0.25, 0.3) is 0 Å². The van der Waals surface area contributed by atoms with E-state index < -0.39 is 0 Å². The highest BCUT2D eigenvalue weighted by molar-refractivity contribution is 5.17. The van der Waals surface area contributed by atoms with Crippen LogP contribution in [0.4, 0.5) is 4.39 Å². The standard InChI is InChI=1S/C15H19FN2.C2H6/c1-15(6-9-17)7-10-18(11-8-15)12-13-4-2-3-5-14(13)16;1-2/h2-5H,6-8,10-12H2,1H3;1-2H3. The molecule has 1 aromatic rings. The summed E-state index contributed by atoms with van der Waals surface area (Å²) in [6.45, 7) is 8.75. The van der Waals surface area contributed by atoms with Crippen LogP contribution < -0.4 is 0 Å². The van der Waals surface area contributed by atoms with Gasteiger partial charge in [0, 0.05) is 18.5 Å². The normalized spacial score (nSPS) is 17.8. The topological polar surface area (TPSA) is 27.0 Å². The number of halogens is 1.